The summed E-state index contributed by atoms with van der Waals surface area (Å²) in [6.45, 7) is 1.83. The van der Waals surface area contributed by atoms with Crippen LogP contribution in [0.25, 0.3) is 16.9 Å². The van der Waals surface area contributed by atoms with Crippen LogP contribution in [0.4, 0.5) is 5.69 Å². The van der Waals surface area contributed by atoms with Gasteiger partial charge in [-0.3, -0.25) is 14.7 Å². The Balaban J connectivity index is 2.26. The van der Waals surface area contributed by atoms with Gasteiger partial charge in [0.05, 0.1) is 21.0 Å². The number of aromatic nitrogens is 3. The van der Waals surface area contributed by atoms with E-state index in [9.17, 15) is 10.1 Å². The maximum atomic E-state index is 10.7. The van der Waals surface area contributed by atoms with Gasteiger partial charge in [0, 0.05) is 6.07 Å². The minimum Gasteiger partial charge on any atom is -0.279 e. The summed E-state index contributed by atoms with van der Waals surface area (Å²) in [5, 5.41) is 10.9. The van der Waals surface area contributed by atoms with E-state index >= 15 is 0 Å². The van der Waals surface area contributed by atoms with Gasteiger partial charge in [-0.05, 0) is 19.1 Å². The number of nitro groups is 1. The minimum absolute atomic E-state index is 0.138. The Labute approximate surface area is 118 Å². The molecule has 0 fully saturated rings. The third-order valence-corrected chi connectivity index (χ3v) is 3.24. The molecule has 2 heterocycles. The van der Waals surface area contributed by atoms with E-state index in [1.807, 2.05) is 31.2 Å². The van der Waals surface area contributed by atoms with E-state index in [2.05, 4.69) is 9.97 Å². The molecule has 20 heavy (non-hydrogen) atoms. The van der Waals surface area contributed by atoms with Crippen LogP contribution in [0.3, 0.4) is 0 Å². The first-order valence-electron chi connectivity index (χ1n) is 5.82. The molecule has 0 amide bonds. The summed E-state index contributed by atoms with van der Waals surface area (Å²) in [5.41, 5.74) is 1.54. The fraction of sp³-hybridized carbons (Fsp3) is 0.0769. The Bertz CT molecular complexity index is 828. The quantitative estimate of drug-likeness (QED) is 0.536. The largest absolute Gasteiger partial charge is 0.289 e. The molecule has 0 radical (unpaired) electrons. The van der Waals surface area contributed by atoms with Gasteiger partial charge in [-0.1, -0.05) is 23.7 Å². The van der Waals surface area contributed by atoms with E-state index < -0.39 is 4.92 Å². The van der Waals surface area contributed by atoms with E-state index in [-0.39, 0.29) is 10.7 Å². The van der Waals surface area contributed by atoms with Crippen molar-refractivity contribution in [3.63, 3.8) is 0 Å². The number of benzene rings is 1. The lowest BCUT2D eigenvalue weighted by Gasteiger charge is -2.07. The van der Waals surface area contributed by atoms with Crippen molar-refractivity contribution in [1.29, 1.82) is 0 Å². The van der Waals surface area contributed by atoms with Crippen LogP contribution in [0.5, 0.6) is 0 Å². The number of para-hydroxylation sites is 2. The second-order valence-electron chi connectivity index (χ2n) is 4.24. The van der Waals surface area contributed by atoms with Crippen molar-refractivity contribution in [3.8, 4) is 5.82 Å². The van der Waals surface area contributed by atoms with Crippen molar-refractivity contribution in [2.75, 3.05) is 0 Å². The Morgan fingerprint density at radius 3 is 2.80 bits per heavy atom. The van der Waals surface area contributed by atoms with Crippen LogP contribution in [-0.4, -0.2) is 19.5 Å². The molecule has 0 saturated carbocycles. The molecule has 0 aliphatic rings. The zero-order valence-electron chi connectivity index (χ0n) is 10.4. The van der Waals surface area contributed by atoms with Crippen LogP contribution in [-0.2, 0) is 0 Å². The summed E-state index contributed by atoms with van der Waals surface area (Å²) in [6, 6.07) is 8.86. The first-order chi connectivity index (χ1) is 9.58. The van der Waals surface area contributed by atoms with E-state index in [0.29, 0.717) is 5.82 Å². The Morgan fingerprint density at radius 1 is 1.35 bits per heavy atom. The number of imidazole rings is 1. The van der Waals surface area contributed by atoms with E-state index in [4.69, 9.17) is 11.6 Å². The first-order valence-corrected chi connectivity index (χ1v) is 6.20. The second-order valence-corrected chi connectivity index (χ2v) is 4.65. The number of hydrogen-bond acceptors (Lipinski definition) is 4. The van der Waals surface area contributed by atoms with Crippen LogP contribution in [0.2, 0.25) is 5.02 Å². The zero-order valence-corrected chi connectivity index (χ0v) is 11.2. The highest BCUT2D eigenvalue weighted by Gasteiger charge is 2.16. The summed E-state index contributed by atoms with van der Waals surface area (Å²) in [5.74, 6) is 1.15. The predicted molar refractivity (Wildman–Crippen MR) is 75.3 cm³/mol. The summed E-state index contributed by atoms with van der Waals surface area (Å²) in [7, 11) is 0. The minimum atomic E-state index is -0.526. The highest BCUT2D eigenvalue weighted by atomic mass is 35.5. The standard InChI is InChI=1S/C13H9ClN4O2/c1-8-16-11-4-2-3-5-12(11)17(8)13-10(14)6-9(7-15-13)18(19)20/h2-7H,1H3. The average molecular weight is 289 g/mol. The van der Waals surface area contributed by atoms with E-state index in [0.717, 1.165) is 16.9 Å². The molecule has 7 heteroatoms. The van der Waals surface area contributed by atoms with Gasteiger partial charge in [-0.2, -0.15) is 0 Å². The number of pyridine rings is 1. The normalized spacial score (nSPS) is 10.9. The lowest BCUT2D eigenvalue weighted by molar-refractivity contribution is -0.385. The summed E-state index contributed by atoms with van der Waals surface area (Å²) in [4.78, 5) is 18.7. The molecule has 3 rings (SSSR count). The number of aryl methyl sites for hydroxylation is 1. The van der Waals surface area contributed by atoms with Gasteiger partial charge in [0.2, 0.25) is 0 Å². The summed E-state index contributed by atoms with van der Waals surface area (Å²) < 4.78 is 1.78. The third-order valence-electron chi connectivity index (χ3n) is 2.96. The molecule has 6 nitrogen and oxygen atoms in total. The number of rotatable bonds is 2. The number of hydrogen-bond donors (Lipinski definition) is 0. The average Bonchev–Trinajstić information content (AvgIpc) is 2.74. The molecule has 2 aromatic heterocycles. The van der Waals surface area contributed by atoms with Crippen LogP contribution < -0.4 is 0 Å². The van der Waals surface area contributed by atoms with Crippen molar-refractivity contribution in [1.82, 2.24) is 14.5 Å². The fourth-order valence-electron chi connectivity index (χ4n) is 2.10. The molecule has 0 atom stereocenters. The zero-order chi connectivity index (χ0) is 14.3. The molecular weight excluding hydrogens is 280 g/mol. The lowest BCUT2D eigenvalue weighted by atomic mass is 10.3. The molecule has 3 aromatic rings. The number of nitrogens with zero attached hydrogens (tertiary/aromatic N) is 4. The number of fused-ring (bicyclic) bond motifs is 1. The second kappa shape index (κ2) is 4.57. The van der Waals surface area contributed by atoms with Crippen molar-refractivity contribution >= 4 is 28.3 Å². The molecule has 100 valence electrons. The predicted octanol–water partition coefficient (Wildman–Crippen LogP) is 3.29. The van der Waals surface area contributed by atoms with Crippen molar-refractivity contribution < 1.29 is 4.92 Å². The van der Waals surface area contributed by atoms with Crippen molar-refractivity contribution in [2.24, 2.45) is 0 Å². The van der Waals surface area contributed by atoms with Crippen molar-refractivity contribution in [3.05, 3.63) is 57.5 Å². The van der Waals surface area contributed by atoms with Gasteiger partial charge < -0.3 is 0 Å². The van der Waals surface area contributed by atoms with Gasteiger partial charge in [-0.25, -0.2) is 9.97 Å². The fourth-order valence-corrected chi connectivity index (χ4v) is 2.34. The molecule has 0 bridgehead atoms. The summed E-state index contributed by atoms with van der Waals surface area (Å²) in [6.07, 6.45) is 1.19. The van der Waals surface area contributed by atoms with Crippen molar-refractivity contribution in [2.45, 2.75) is 6.92 Å². The van der Waals surface area contributed by atoms with Gasteiger partial charge in [0.1, 0.15) is 12.0 Å². The molecule has 0 spiro atoms. The SMILES string of the molecule is Cc1nc2ccccc2n1-c1ncc([N+](=O)[O-])cc1Cl. The highest BCUT2D eigenvalue weighted by Crippen LogP contribution is 2.27. The maximum Gasteiger partial charge on any atom is 0.289 e. The van der Waals surface area contributed by atoms with Gasteiger partial charge in [0.15, 0.2) is 5.82 Å². The highest BCUT2D eigenvalue weighted by molar-refractivity contribution is 6.32. The molecule has 1 aromatic carbocycles. The monoisotopic (exact) mass is 288 g/mol. The summed E-state index contributed by atoms with van der Waals surface area (Å²) >= 11 is 6.12. The smallest absolute Gasteiger partial charge is 0.279 e. The molecule has 0 unspecified atom stereocenters. The van der Waals surface area contributed by atoms with Crippen LogP contribution in [0, 0.1) is 17.0 Å². The Kier molecular flexibility index (Phi) is 2.87. The first kappa shape index (κ1) is 12.6. The van der Waals surface area contributed by atoms with Gasteiger partial charge in [0.25, 0.3) is 5.69 Å². The molecule has 0 N–H and O–H groups in total. The molecule has 0 aliphatic carbocycles. The van der Waals surface area contributed by atoms with Crippen LogP contribution >= 0.6 is 11.6 Å². The van der Waals surface area contributed by atoms with Crippen LogP contribution in [0.1, 0.15) is 5.82 Å². The Morgan fingerprint density at radius 2 is 2.10 bits per heavy atom. The molecule has 0 aliphatic heterocycles. The topological polar surface area (TPSA) is 73.8 Å². The lowest BCUT2D eigenvalue weighted by Crippen LogP contribution is -2.02. The van der Waals surface area contributed by atoms with E-state index in [1.165, 1.54) is 12.3 Å². The van der Waals surface area contributed by atoms with Gasteiger partial charge >= 0.3 is 0 Å². The number of halogens is 1. The van der Waals surface area contributed by atoms with E-state index in [1.54, 1.807) is 4.57 Å². The van der Waals surface area contributed by atoms with Gasteiger partial charge in [-0.15, -0.1) is 0 Å². The molecule has 0 saturated heterocycles. The third kappa shape index (κ3) is 1.90. The molecular formula is C13H9ClN4O2. The van der Waals surface area contributed by atoms with Crippen LogP contribution in [0.15, 0.2) is 36.5 Å². The Hall–Kier alpha value is -2.47. The maximum absolute atomic E-state index is 10.7.